The Labute approximate surface area is 194 Å². The van der Waals surface area contributed by atoms with E-state index in [4.69, 9.17) is 17.7 Å². The van der Waals surface area contributed by atoms with E-state index in [0.29, 0.717) is 5.75 Å². The molecule has 2 atom stereocenters. The van der Waals surface area contributed by atoms with E-state index in [-0.39, 0.29) is 18.9 Å². The van der Waals surface area contributed by atoms with Gasteiger partial charge in [-0.25, -0.2) is 0 Å². The van der Waals surface area contributed by atoms with Crippen LogP contribution in [-0.2, 0) is 19.2 Å². The van der Waals surface area contributed by atoms with Crippen molar-refractivity contribution in [1.29, 1.82) is 0 Å². The fourth-order valence-electron chi connectivity index (χ4n) is 3.20. The molecule has 0 aromatic heterocycles. The summed E-state index contributed by atoms with van der Waals surface area (Å²) in [6.07, 6.45) is -0.375. The van der Waals surface area contributed by atoms with Gasteiger partial charge in [-0.05, 0) is 24.0 Å². The highest BCUT2D eigenvalue weighted by Crippen LogP contribution is 2.29. The van der Waals surface area contributed by atoms with E-state index in [1.54, 1.807) is 12.1 Å². The molecule has 2 aromatic carbocycles. The highest BCUT2D eigenvalue weighted by Gasteiger charge is 2.27. The number of benzene rings is 2. The smallest absolute Gasteiger partial charge is 0.305 e. The topological polar surface area (TPSA) is 122 Å². The summed E-state index contributed by atoms with van der Waals surface area (Å²) < 4.78 is 5.72. The average Bonchev–Trinajstić information content (AvgIpc) is 2.77. The van der Waals surface area contributed by atoms with Crippen LogP contribution in [0.4, 0.5) is 0 Å². The van der Waals surface area contributed by atoms with E-state index in [1.807, 2.05) is 56.3 Å². The molecule has 0 aliphatic carbocycles. The van der Waals surface area contributed by atoms with Crippen molar-refractivity contribution in [3.8, 4) is 16.9 Å². The predicted octanol–water partition coefficient (Wildman–Crippen LogP) is 1.92. The predicted molar refractivity (Wildman–Crippen MR) is 124 cm³/mol. The lowest BCUT2D eigenvalue weighted by molar-refractivity contribution is -0.139. The Kier molecular flexibility index (Phi) is 9.66. The first-order valence-electron chi connectivity index (χ1n) is 10.6. The molecule has 2 amide bonds. The number of carbonyl (C=O) groups excluding carboxylic acids is 3. The van der Waals surface area contributed by atoms with E-state index in [0.717, 1.165) is 11.1 Å². The van der Waals surface area contributed by atoms with Gasteiger partial charge in [0.15, 0.2) is 14.5 Å². The van der Waals surface area contributed by atoms with Crippen molar-refractivity contribution in [3.05, 3.63) is 54.6 Å². The Morgan fingerprint density at radius 1 is 0.939 bits per heavy atom. The molecule has 0 saturated heterocycles. The van der Waals surface area contributed by atoms with Crippen LogP contribution in [0.25, 0.3) is 11.1 Å². The Bertz CT molecular complexity index is 980. The molecule has 0 spiro atoms. The number of rotatable bonds is 12. The lowest BCUT2D eigenvalue weighted by atomic mass is 9.92. The maximum atomic E-state index is 12.7. The molecule has 0 saturated carbocycles. The standard InChI is InChI=1S/C24H27BN2O6/c1-15(2)12-19(24(32)27-18(23(25)31)13-22(29)30)26-21(28)14-33-20-11-7-6-10-17(20)16-8-4-3-5-9-16/h3-11,15,18-19H,12-14H2,1-2H3,(H,26,28)(H,27,32)(H,29,30). The molecule has 0 aliphatic rings. The Morgan fingerprint density at radius 2 is 1.58 bits per heavy atom. The first kappa shape index (κ1) is 25.6. The quantitative estimate of drug-likeness (QED) is 0.425. The van der Waals surface area contributed by atoms with E-state index in [9.17, 15) is 19.2 Å². The van der Waals surface area contributed by atoms with Crippen LogP contribution < -0.4 is 15.4 Å². The van der Waals surface area contributed by atoms with Crippen LogP contribution in [0, 0.1) is 5.92 Å². The van der Waals surface area contributed by atoms with E-state index < -0.39 is 42.0 Å². The van der Waals surface area contributed by atoms with Gasteiger partial charge < -0.3 is 25.3 Å². The molecule has 172 valence electrons. The van der Waals surface area contributed by atoms with Crippen LogP contribution in [0.15, 0.2) is 54.6 Å². The Hall–Kier alpha value is -3.62. The Balaban J connectivity index is 2.05. The van der Waals surface area contributed by atoms with Gasteiger partial charge in [0.05, 0.1) is 18.1 Å². The second-order valence-electron chi connectivity index (χ2n) is 7.96. The molecule has 0 fully saturated rings. The molecular weight excluding hydrogens is 423 g/mol. The number of carboxylic acid groups (broad SMARTS) is 1. The number of carboxylic acids is 1. The van der Waals surface area contributed by atoms with Crippen LogP contribution in [0.5, 0.6) is 5.75 Å². The number of ether oxygens (including phenoxy) is 1. The van der Waals surface area contributed by atoms with Crippen molar-refractivity contribution < 1.29 is 29.0 Å². The zero-order valence-electron chi connectivity index (χ0n) is 18.6. The van der Waals surface area contributed by atoms with Crippen LogP contribution >= 0.6 is 0 Å². The maximum Gasteiger partial charge on any atom is 0.305 e. The number of nitrogens with one attached hydrogen (secondary N) is 2. The number of para-hydroxylation sites is 1. The fourth-order valence-corrected chi connectivity index (χ4v) is 3.20. The first-order valence-corrected chi connectivity index (χ1v) is 10.6. The first-order chi connectivity index (χ1) is 15.7. The van der Waals surface area contributed by atoms with Crippen molar-refractivity contribution >= 4 is 31.3 Å². The molecule has 0 aliphatic heterocycles. The zero-order valence-corrected chi connectivity index (χ0v) is 18.6. The van der Waals surface area contributed by atoms with Gasteiger partial charge in [-0.15, -0.1) is 0 Å². The molecule has 2 unspecified atom stereocenters. The van der Waals surface area contributed by atoms with Crippen molar-refractivity contribution in [2.45, 2.75) is 38.8 Å². The van der Waals surface area contributed by atoms with Crippen LogP contribution in [0.1, 0.15) is 26.7 Å². The van der Waals surface area contributed by atoms with Gasteiger partial charge in [-0.2, -0.15) is 0 Å². The number of aliphatic carboxylic acids is 1. The summed E-state index contributed by atoms with van der Waals surface area (Å²) >= 11 is 0. The van der Waals surface area contributed by atoms with Crippen LogP contribution in [-0.4, -0.2) is 55.1 Å². The van der Waals surface area contributed by atoms with Gasteiger partial charge >= 0.3 is 5.97 Å². The van der Waals surface area contributed by atoms with Crippen molar-refractivity contribution in [1.82, 2.24) is 10.6 Å². The summed E-state index contributed by atoms with van der Waals surface area (Å²) in [7, 11) is 5.19. The van der Waals surface area contributed by atoms with Crippen LogP contribution in [0.3, 0.4) is 0 Å². The van der Waals surface area contributed by atoms with Gasteiger partial charge in [0.25, 0.3) is 5.91 Å². The highest BCUT2D eigenvalue weighted by molar-refractivity contribution is 6.59. The van der Waals surface area contributed by atoms with Gasteiger partial charge in [0.2, 0.25) is 5.91 Å². The summed E-state index contributed by atoms with van der Waals surface area (Å²) in [5, 5.41) is 13.8. The van der Waals surface area contributed by atoms with Gasteiger partial charge in [-0.3, -0.25) is 14.4 Å². The van der Waals surface area contributed by atoms with Gasteiger partial charge in [0.1, 0.15) is 11.8 Å². The SMILES string of the molecule is [B]C(=O)C(CC(=O)O)NC(=O)C(CC(C)C)NC(=O)COc1ccccc1-c1ccccc1. The largest absolute Gasteiger partial charge is 0.483 e. The molecule has 0 bridgehead atoms. The number of amides is 2. The average molecular weight is 450 g/mol. The molecule has 33 heavy (non-hydrogen) atoms. The molecule has 2 radical (unpaired) electrons. The van der Waals surface area contributed by atoms with Crippen LogP contribution in [0.2, 0.25) is 0 Å². The van der Waals surface area contributed by atoms with Crippen molar-refractivity contribution in [2.75, 3.05) is 6.61 Å². The molecule has 8 nitrogen and oxygen atoms in total. The fraction of sp³-hybridized carbons (Fsp3) is 0.333. The van der Waals surface area contributed by atoms with E-state index >= 15 is 0 Å². The molecule has 9 heteroatoms. The third kappa shape index (κ3) is 8.44. The van der Waals surface area contributed by atoms with Crippen molar-refractivity contribution in [2.24, 2.45) is 5.92 Å². The molecule has 2 aromatic rings. The second kappa shape index (κ2) is 12.4. The summed E-state index contributed by atoms with van der Waals surface area (Å²) in [6, 6.07) is 14.5. The van der Waals surface area contributed by atoms with Gasteiger partial charge in [0, 0.05) is 5.56 Å². The van der Waals surface area contributed by atoms with E-state index in [1.165, 1.54) is 0 Å². The minimum atomic E-state index is -1.38. The normalized spacial score (nSPS) is 12.5. The monoisotopic (exact) mass is 450 g/mol. The lowest BCUT2D eigenvalue weighted by Gasteiger charge is -2.23. The third-order valence-corrected chi connectivity index (χ3v) is 4.73. The minimum Gasteiger partial charge on any atom is -0.483 e. The second-order valence-corrected chi connectivity index (χ2v) is 7.96. The number of hydrogen-bond acceptors (Lipinski definition) is 5. The van der Waals surface area contributed by atoms with Gasteiger partial charge in [-0.1, -0.05) is 62.4 Å². The molecule has 3 N–H and O–H groups in total. The molecular formula is C24H27BN2O6. The summed E-state index contributed by atoms with van der Waals surface area (Å²) in [5.74, 6) is -1.96. The molecule has 0 heterocycles. The maximum absolute atomic E-state index is 12.7. The van der Waals surface area contributed by atoms with Crippen molar-refractivity contribution in [3.63, 3.8) is 0 Å². The highest BCUT2D eigenvalue weighted by atomic mass is 16.5. The number of hydrogen-bond donors (Lipinski definition) is 3. The summed E-state index contributed by atoms with van der Waals surface area (Å²) in [6.45, 7) is 3.39. The summed E-state index contributed by atoms with van der Waals surface area (Å²) in [4.78, 5) is 47.6. The minimum absolute atomic E-state index is 0.0345. The zero-order chi connectivity index (χ0) is 24.4. The van der Waals surface area contributed by atoms with E-state index in [2.05, 4.69) is 10.6 Å². The third-order valence-electron chi connectivity index (χ3n) is 4.73. The lowest BCUT2D eigenvalue weighted by Crippen LogP contribution is -2.53. The molecule has 2 rings (SSSR count). The summed E-state index contributed by atoms with van der Waals surface area (Å²) in [5.41, 5.74) is 0.781. The number of carbonyl (C=O) groups is 4. The Morgan fingerprint density at radius 3 is 2.18 bits per heavy atom.